The van der Waals surface area contributed by atoms with Crippen molar-refractivity contribution < 1.29 is 26.7 Å². The van der Waals surface area contributed by atoms with Crippen LogP contribution in [0, 0.1) is 5.41 Å². The zero-order valence-corrected chi connectivity index (χ0v) is 16.1. The molecule has 1 saturated heterocycles. The number of aliphatic hydroxyl groups is 1. The molecule has 0 saturated carbocycles. The zero-order chi connectivity index (χ0) is 19.3. The van der Waals surface area contributed by atoms with E-state index in [-0.39, 0.29) is 22.9 Å². The minimum Gasteiger partial charge on any atom is -0.389 e. The third-order valence-corrected chi connectivity index (χ3v) is 7.10. The summed E-state index contributed by atoms with van der Waals surface area (Å²) in [5.41, 5.74) is -2.15. The van der Waals surface area contributed by atoms with Gasteiger partial charge in [0.15, 0.2) is 0 Å². The standard InChI is InChI=1S/C15H22N2O6S2/c1-14(2)10-24(20,21)17(13(14)18)11-5-7-12(8-6-11)25(22,23)16-9-15(3,4)19/h5-8,16,19H,9-10H2,1-4H3. The van der Waals surface area contributed by atoms with E-state index in [0.29, 0.717) is 4.31 Å². The maximum Gasteiger partial charge on any atom is 0.247 e. The molecular formula is C15H22N2O6S2. The first-order chi connectivity index (χ1) is 11.2. The highest BCUT2D eigenvalue weighted by Crippen LogP contribution is 2.35. The molecule has 0 bridgehead atoms. The summed E-state index contributed by atoms with van der Waals surface area (Å²) in [4.78, 5) is 12.2. The van der Waals surface area contributed by atoms with Gasteiger partial charge in [0.25, 0.3) is 0 Å². The van der Waals surface area contributed by atoms with Gasteiger partial charge in [-0.2, -0.15) is 0 Å². The van der Waals surface area contributed by atoms with Gasteiger partial charge < -0.3 is 5.11 Å². The van der Waals surface area contributed by atoms with Crippen LogP contribution >= 0.6 is 0 Å². The monoisotopic (exact) mass is 390 g/mol. The van der Waals surface area contributed by atoms with Crippen LogP contribution in [0.5, 0.6) is 0 Å². The van der Waals surface area contributed by atoms with Gasteiger partial charge in [-0.05, 0) is 52.0 Å². The number of carbonyl (C=O) groups excluding carboxylic acids is 1. The zero-order valence-electron chi connectivity index (χ0n) is 14.5. The highest BCUT2D eigenvalue weighted by molar-refractivity contribution is 7.94. The molecular weight excluding hydrogens is 368 g/mol. The maximum absolute atomic E-state index is 12.3. The molecule has 1 fully saturated rings. The topological polar surface area (TPSA) is 121 Å². The smallest absolute Gasteiger partial charge is 0.247 e. The third kappa shape index (κ3) is 4.20. The number of amides is 1. The number of carbonyl (C=O) groups is 1. The van der Waals surface area contributed by atoms with Crippen LogP contribution in [-0.4, -0.2) is 45.7 Å². The Balaban J connectivity index is 2.30. The Morgan fingerprint density at radius 2 is 1.76 bits per heavy atom. The van der Waals surface area contributed by atoms with Crippen molar-refractivity contribution in [3.8, 4) is 0 Å². The van der Waals surface area contributed by atoms with Crippen LogP contribution in [0.2, 0.25) is 0 Å². The highest BCUT2D eigenvalue weighted by Gasteiger charge is 2.49. The van der Waals surface area contributed by atoms with Crippen molar-refractivity contribution >= 4 is 31.6 Å². The number of hydrogen-bond donors (Lipinski definition) is 2. The van der Waals surface area contributed by atoms with Crippen LogP contribution in [0.15, 0.2) is 29.2 Å². The van der Waals surface area contributed by atoms with Gasteiger partial charge in [0, 0.05) is 6.54 Å². The van der Waals surface area contributed by atoms with E-state index in [0.717, 1.165) is 0 Å². The van der Waals surface area contributed by atoms with Crippen LogP contribution < -0.4 is 9.03 Å². The second-order valence-corrected chi connectivity index (χ2v) is 10.9. The average Bonchev–Trinajstić information content (AvgIpc) is 2.60. The molecule has 0 spiro atoms. The number of hydrogen-bond acceptors (Lipinski definition) is 6. The predicted octanol–water partition coefficient (Wildman–Crippen LogP) is 0.438. The first-order valence-electron chi connectivity index (χ1n) is 7.55. The molecule has 1 heterocycles. The van der Waals surface area contributed by atoms with Crippen LogP contribution in [0.3, 0.4) is 0 Å². The molecule has 0 aromatic heterocycles. The van der Waals surface area contributed by atoms with E-state index >= 15 is 0 Å². The summed E-state index contributed by atoms with van der Waals surface area (Å²) >= 11 is 0. The van der Waals surface area contributed by atoms with Crippen molar-refractivity contribution in [2.24, 2.45) is 5.41 Å². The van der Waals surface area contributed by atoms with E-state index < -0.39 is 37.0 Å². The van der Waals surface area contributed by atoms with Gasteiger partial charge in [-0.15, -0.1) is 0 Å². The van der Waals surface area contributed by atoms with E-state index in [2.05, 4.69) is 4.72 Å². The molecule has 2 rings (SSSR count). The number of nitrogens with zero attached hydrogens (tertiary/aromatic N) is 1. The molecule has 10 heteroatoms. The molecule has 0 unspecified atom stereocenters. The van der Waals surface area contributed by atoms with E-state index in [1.807, 2.05) is 0 Å². The lowest BCUT2D eigenvalue weighted by Crippen LogP contribution is -2.38. The van der Waals surface area contributed by atoms with E-state index in [1.165, 1.54) is 38.1 Å². The molecule has 1 aromatic carbocycles. The number of rotatable bonds is 5. The van der Waals surface area contributed by atoms with Gasteiger partial charge in [-0.1, -0.05) is 0 Å². The van der Waals surface area contributed by atoms with Crippen molar-refractivity contribution in [3.05, 3.63) is 24.3 Å². The number of anilines is 1. The van der Waals surface area contributed by atoms with Crippen molar-refractivity contribution in [1.82, 2.24) is 4.72 Å². The van der Waals surface area contributed by atoms with Crippen molar-refractivity contribution in [3.63, 3.8) is 0 Å². The molecule has 2 N–H and O–H groups in total. The van der Waals surface area contributed by atoms with E-state index in [4.69, 9.17) is 0 Å². The molecule has 1 aliphatic heterocycles. The molecule has 0 atom stereocenters. The van der Waals surface area contributed by atoms with Gasteiger partial charge in [-0.25, -0.2) is 25.9 Å². The Hall–Kier alpha value is -1.49. The van der Waals surface area contributed by atoms with Gasteiger partial charge in [0.1, 0.15) is 0 Å². The molecule has 8 nitrogen and oxygen atoms in total. The van der Waals surface area contributed by atoms with Crippen molar-refractivity contribution in [1.29, 1.82) is 0 Å². The largest absolute Gasteiger partial charge is 0.389 e. The normalized spacial score (nSPS) is 20.0. The molecule has 140 valence electrons. The lowest BCUT2D eigenvalue weighted by Gasteiger charge is -2.19. The third-order valence-electron chi connectivity index (χ3n) is 3.66. The number of sulfonamides is 2. The molecule has 1 aliphatic rings. The van der Waals surface area contributed by atoms with Gasteiger partial charge in [0.2, 0.25) is 26.0 Å². The Bertz CT molecular complexity index is 881. The van der Waals surface area contributed by atoms with Crippen LogP contribution in [0.4, 0.5) is 5.69 Å². The quantitative estimate of drug-likeness (QED) is 0.752. The molecule has 1 amide bonds. The summed E-state index contributed by atoms with van der Waals surface area (Å²) < 4.78 is 51.8. The number of nitrogens with one attached hydrogen (secondary N) is 1. The fourth-order valence-electron chi connectivity index (χ4n) is 2.38. The number of benzene rings is 1. The maximum atomic E-state index is 12.3. The van der Waals surface area contributed by atoms with Crippen LogP contribution in [0.1, 0.15) is 27.7 Å². The highest BCUT2D eigenvalue weighted by atomic mass is 32.2. The predicted molar refractivity (Wildman–Crippen MR) is 93.0 cm³/mol. The van der Waals surface area contributed by atoms with Crippen molar-refractivity contribution in [2.75, 3.05) is 16.6 Å². The van der Waals surface area contributed by atoms with E-state index in [9.17, 15) is 26.7 Å². The Kier molecular flexibility index (Phi) is 4.79. The first kappa shape index (κ1) is 19.8. The van der Waals surface area contributed by atoms with Crippen LogP contribution in [0.25, 0.3) is 0 Å². The molecule has 1 aromatic rings. The molecule has 25 heavy (non-hydrogen) atoms. The van der Waals surface area contributed by atoms with Crippen LogP contribution in [-0.2, 0) is 24.8 Å². The lowest BCUT2D eigenvalue weighted by molar-refractivity contribution is -0.123. The Morgan fingerprint density at radius 1 is 1.24 bits per heavy atom. The second-order valence-electron chi connectivity index (χ2n) is 7.34. The summed E-state index contributed by atoms with van der Waals surface area (Å²) in [5, 5.41) is 9.61. The fourth-order valence-corrected chi connectivity index (χ4v) is 5.69. The fraction of sp³-hybridized carbons (Fsp3) is 0.533. The van der Waals surface area contributed by atoms with Gasteiger partial charge in [-0.3, -0.25) is 4.79 Å². The van der Waals surface area contributed by atoms with Crippen molar-refractivity contribution in [2.45, 2.75) is 38.2 Å². The minimum absolute atomic E-state index is 0.0937. The summed E-state index contributed by atoms with van der Waals surface area (Å²) in [7, 11) is -7.65. The summed E-state index contributed by atoms with van der Waals surface area (Å²) in [6.45, 7) is 5.84. The summed E-state index contributed by atoms with van der Waals surface area (Å²) in [6.07, 6.45) is 0. The SMILES string of the molecule is CC(C)(O)CNS(=O)(=O)c1ccc(N2C(=O)C(C)(C)CS2(=O)=O)cc1. The Morgan fingerprint density at radius 3 is 2.16 bits per heavy atom. The summed E-state index contributed by atoms with van der Waals surface area (Å²) in [6, 6.07) is 4.98. The second kappa shape index (κ2) is 6.04. The van der Waals surface area contributed by atoms with Gasteiger partial charge in [0.05, 0.1) is 27.4 Å². The molecule has 0 radical (unpaired) electrons. The molecule has 0 aliphatic carbocycles. The Labute approximate surface area is 147 Å². The van der Waals surface area contributed by atoms with Gasteiger partial charge >= 0.3 is 0 Å². The van der Waals surface area contributed by atoms with E-state index in [1.54, 1.807) is 13.8 Å². The minimum atomic E-state index is -3.86. The summed E-state index contributed by atoms with van der Waals surface area (Å²) in [5.74, 6) is -0.852. The average molecular weight is 390 g/mol. The first-order valence-corrected chi connectivity index (χ1v) is 10.6. The lowest BCUT2D eigenvalue weighted by atomic mass is 9.95.